The van der Waals surface area contributed by atoms with Crippen molar-refractivity contribution in [2.45, 2.75) is 39.3 Å². The van der Waals surface area contributed by atoms with E-state index in [1.807, 2.05) is 0 Å². The molecule has 0 aliphatic carbocycles. The van der Waals surface area contributed by atoms with E-state index in [9.17, 15) is 18.4 Å². The lowest BCUT2D eigenvalue weighted by molar-refractivity contribution is 0.0359. The minimum absolute atomic E-state index is 0.147. The van der Waals surface area contributed by atoms with Gasteiger partial charge < -0.3 is 20.3 Å². The predicted octanol–water partition coefficient (Wildman–Crippen LogP) is 4.37. The number of carbonyl (C=O) groups excluding carboxylic acids is 2. The number of alkyl carbamates (subject to hydrolysis) is 1. The van der Waals surface area contributed by atoms with Gasteiger partial charge in [0.05, 0.1) is 23.0 Å². The maximum Gasteiger partial charge on any atom is 0.407 e. The second-order valence-corrected chi connectivity index (χ2v) is 8.35. The standard InChI is InChI=1S/C22H25F2N3O3/c1-13-5-8-18(17(24)9-13)26-19-10-14(23)6-7-16(19)20(28)27-11-15(12-27)25-21(29)30-22(2,3)4/h5-10,15,26H,11-12H2,1-4H3,(H,25,29). The molecule has 8 heteroatoms. The van der Waals surface area contributed by atoms with Gasteiger partial charge in [0.25, 0.3) is 5.91 Å². The van der Waals surface area contributed by atoms with Gasteiger partial charge in [0, 0.05) is 13.1 Å². The second kappa shape index (κ2) is 8.30. The summed E-state index contributed by atoms with van der Waals surface area (Å²) in [6, 6.07) is 8.08. The monoisotopic (exact) mass is 417 g/mol. The SMILES string of the molecule is Cc1ccc(Nc2cc(F)ccc2C(=O)N2CC(NC(=O)OC(C)(C)C)C2)c(F)c1. The highest BCUT2D eigenvalue weighted by molar-refractivity contribution is 6.01. The number of halogens is 2. The first kappa shape index (κ1) is 21.5. The fourth-order valence-corrected chi connectivity index (χ4v) is 3.05. The molecule has 2 amide bonds. The van der Waals surface area contributed by atoms with Crippen LogP contribution in [0.2, 0.25) is 0 Å². The van der Waals surface area contributed by atoms with E-state index in [-0.39, 0.29) is 28.9 Å². The Balaban J connectivity index is 1.68. The molecule has 0 atom stereocenters. The molecule has 1 saturated heterocycles. The number of hydrogen-bond acceptors (Lipinski definition) is 4. The summed E-state index contributed by atoms with van der Waals surface area (Å²) in [5, 5.41) is 5.52. The summed E-state index contributed by atoms with van der Waals surface area (Å²) in [5.74, 6) is -1.38. The number of likely N-dealkylation sites (tertiary alicyclic amines) is 1. The van der Waals surface area contributed by atoms with Crippen molar-refractivity contribution in [1.29, 1.82) is 0 Å². The molecule has 30 heavy (non-hydrogen) atoms. The summed E-state index contributed by atoms with van der Waals surface area (Å²) in [6.45, 7) is 7.66. The normalized spacial score (nSPS) is 14.1. The number of ether oxygens (including phenoxy) is 1. The number of nitrogens with one attached hydrogen (secondary N) is 2. The van der Waals surface area contributed by atoms with E-state index in [4.69, 9.17) is 4.74 Å². The maximum absolute atomic E-state index is 14.2. The van der Waals surface area contributed by atoms with Crippen molar-refractivity contribution in [3.05, 3.63) is 59.2 Å². The number of aryl methyl sites for hydroxylation is 1. The first-order valence-electron chi connectivity index (χ1n) is 9.63. The van der Waals surface area contributed by atoms with Crippen LogP contribution in [0.4, 0.5) is 25.0 Å². The van der Waals surface area contributed by atoms with Crippen molar-refractivity contribution in [1.82, 2.24) is 10.2 Å². The number of anilines is 2. The summed E-state index contributed by atoms with van der Waals surface area (Å²) in [5.41, 5.74) is 0.674. The van der Waals surface area contributed by atoms with Gasteiger partial charge in [0.2, 0.25) is 0 Å². The van der Waals surface area contributed by atoms with Gasteiger partial charge in [-0.25, -0.2) is 13.6 Å². The van der Waals surface area contributed by atoms with Crippen LogP contribution < -0.4 is 10.6 Å². The number of nitrogens with zero attached hydrogens (tertiary/aromatic N) is 1. The summed E-state index contributed by atoms with van der Waals surface area (Å²) in [6.07, 6.45) is -0.543. The molecule has 3 rings (SSSR count). The minimum Gasteiger partial charge on any atom is -0.444 e. The Hall–Kier alpha value is -3.16. The summed E-state index contributed by atoms with van der Waals surface area (Å²) < 4.78 is 33.2. The Kier molecular flexibility index (Phi) is 5.96. The highest BCUT2D eigenvalue weighted by Crippen LogP contribution is 2.27. The summed E-state index contributed by atoms with van der Waals surface area (Å²) in [7, 11) is 0. The fourth-order valence-electron chi connectivity index (χ4n) is 3.05. The third kappa shape index (κ3) is 5.25. The molecular formula is C22H25F2N3O3. The van der Waals surface area contributed by atoms with Gasteiger partial charge >= 0.3 is 6.09 Å². The van der Waals surface area contributed by atoms with Gasteiger partial charge in [-0.15, -0.1) is 0 Å². The molecule has 2 aromatic carbocycles. The highest BCUT2D eigenvalue weighted by Gasteiger charge is 2.34. The number of amides is 2. The Morgan fingerprint density at radius 2 is 1.77 bits per heavy atom. The fraction of sp³-hybridized carbons (Fsp3) is 0.364. The molecular weight excluding hydrogens is 392 g/mol. The van der Waals surface area contributed by atoms with E-state index in [0.717, 1.165) is 11.6 Å². The molecule has 0 aromatic heterocycles. The van der Waals surface area contributed by atoms with E-state index in [1.165, 1.54) is 29.2 Å². The molecule has 1 aliphatic rings. The quantitative estimate of drug-likeness (QED) is 0.775. The zero-order valence-electron chi connectivity index (χ0n) is 17.4. The van der Waals surface area contributed by atoms with Crippen molar-refractivity contribution in [3.63, 3.8) is 0 Å². The van der Waals surface area contributed by atoms with Crippen LogP contribution in [0.3, 0.4) is 0 Å². The molecule has 1 fully saturated rings. The topological polar surface area (TPSA) is 70.7 Å². The molecule has 1 aliphatic heterocycles. The molecule has 1 heterocycles. The lowest BCUT2D eigenvalue weighted by Gasteiger charge is -2.40. The first-order valence-corrected chi connectivity index (χ1v) is 9.63. The average Bonchev–Trinajstić information content (AvgIpc) is 2.58. The largest absolute Gasteiger partial charge is 0.444 e. The van der Waals surface area contributed by atoms with E-state index in [2.05, 4.69) is 10.6 Å². The molecule has 2 aromatic rings. The van der Waals surface area contributed by atoms with E-state index in [1.54, 1.807) is 33.8 Å². The van der Waals surface area contributed by atoms with Crippen LogP contribution in [0, 0.1) is 18.6 Å². The van der Waals surface area contributed by atoms with E-state index < -0.39 is 23.3 Å². The van der Waals surface area contributed by atoms with Gasteiger partial charge in [-0.05, 0) is 63.6 Å². The van der Waals surface area contributed by atoms with Crippen LogP contribution in [-0.4, -0.2) is 41.6 Å². The zero-order valence-corrected chi connectivity index (χ0v) is 17.4. The van der Waals surface area contributed by atoms with E-state index >= 15 is 0 Å². The summed E-state index contributed by atoms with van der Waals surface area (Å²) in [4.78, 5) is 26.2. The number of benzene rings is 2. The molecule has 0 spiro atoms. The van der Waals surface area contributed by atoms with Gasteiger partial charge in [-0.3, -0.25) is 4.79 Å². The number of hydrogen-bond donors (Lipinski definition) is 2. The van der Waals surface area contributed by atoms with Crippen molar-refractivity contribution < 1.29 is 23.1 Å². The van der Waals surface area contributed by atoms with Crippen LogP contribution in [0.1, 0.15) is 36.7 Å². The lowest BCUT2D eigenvalue weighted by atomic mass is 10.0. The van der Waals surface area contributed by atoms with Crippen LogP contribution in [-0.2, 0) is 4.74 Å². The van der Waals surface area contributed by atoms with Crippen molar-refractivity contribution in [2.75, 3.05) is 18.4 Å². The smallest absolute Gasteiger partial charge is 0.407 e. The molecule has 0 unspecified atom stereocenters. The lowest BCUT2D eigenvalue weighted by Crippen LogP contribution is -2.61. The Bertz CT molecular complexity index is 967. The van der Waals surface area contributed by atoms with Gasteiger partial charge in [-0.2, -0.15) is 0 Å². The molecule has 2 N–H and O–H groups in total. The van der Waals surface area contributed by atoms with Crippen molar-refractivity contribution in [2.24, 2.45) is 0 Å². The Labute approximate surface area is 174 Å². The highest BCUT2D eigenvalue weighted by atomic mass is 19.1. The van der Waals surface area contributed by atoms with Crippen molar-refractivity contribution >= 4 is 23.4 Å². The van der Waals surface area contributed by atoms with Gasteiger partial charge in [-0.1, -0.05) is 6.07 Å². The average molecular weight is 417 g/mol. The van der Waals surface area contributed by atoms with Crippen LogP contribution in [0.5, 0.6) is 0 Å². The van der Waals surface area contributed by atoms with Crippen LogP contribution in [0.25, 0.3) is 0 Å². The third-order valence-corrected chi connectivity index (χ3v) is 4.50. The summed E-state index contributed by atoms with van der Waals surface area (Å²) >= 11 is 0. The Morgan fingerprint density at radius 1 is 1.07 bits per heavy atom. The van der Waals surface area contributed by atoms with Gasteiger partial charge in [0.1, 0.15) is 17.2 Å². The second-order valence-electron chi connectivity index (χ2n) is 8.35. The van der Waals surface area contributed by atoms with Crippen LogP contribution in [0.15, 0.2) is 36.4 Å². The number of carbonyl (C=O) groups is 2. The van der Waals surface area contributed by atoms with Crippen LogP contribution >= 0.6 is 0 Å². The molecule has 0 radical (unpaired) electrons. The molecule has 0 bridgehead atoms. The molecule has 160 valence electrons. The van der Waals surface area contributed by atoms with Crippen molar-refractivity contribution in [3.8, 4) is 0 Å². The van der Waals surface area contributed by atoms with E-state index in [0.29, 0.717) is 13.1 Å². The predicted molar refractivity (Wildman–Crippen MR) is 110 cm³/mol. The molecule has 6 nitrogen and oxygen atoms in total. The number of rotatable bonds is 4. The Morgan fingerprint density at radius 3 is 2.40 bits per heavy atom. The maximum atomic E-state index is 14.2. The first-order chi connectivity index (χ1) is 14.0. The third-order valence-electron chi connectivity index (χ3n) is 4.50. The van der Waals surface area contributed by atoms with Gasteiger partial charge in [0.15, 0.2) is 0 Å². The molecule has 0 saturated carbocycles. The zero-order chi connectivity index (χ0) is 22.1. The minimum atomic E-state index is -0.608.